The van der Waals surface area contributed by atoms with Gasteiger partial charge in [0.1, 0.15) is 0 Å². The van der Waals surface area contributed by atoms with Crippen molar-refractivity contribution in [3.63, 3.8) is 0 Å². The second-order valence-electron chi connectivity index (χ2n) is 3.91. The molecule has 1 aromatic carbocycles. The summed E-state index contributed by atoms with van der Waals surface area (Å²) in [5, 5.41) is 21.6. The van der Waals surface area contributed by atoms with Gasteiger partial charge in [-0.05, 0) is 20.0 Å². The molecule has 8 heteroatoms. The van der Waals surface area contributed by atoms with Gasteiger partial charge in [-0.1, -0.05) is 15.9 Å². The van der Waals surface area contributed by atoms with E-state index in [2.05, 4.69) is 31.4 Å². The minimum absolute atomic E-state index is 0.0363. The molecule has 0 fully saturated rings. The monoisotopic (exact) mass is 326 g/mol. The number of benzene rings is 1. The summed E-state index contributed by atoms with van der Waals surface area (Å²) in [6.45, 7) is 1.88. The molecule has 0 radical (unpaired) electrons. The fourth-order valence-electron chi connectivity index (χ4n) is 1.45. The number of nitrogens with one attached hydrogen (secondary N) is 1. The SMILES string of the molecule is CNC(C)c1nnc(-c2cc(Br)cc([N+](=O)[O-])c2)o1. The van der Waals surface area contributed by atoms with E-state index in [1.54, 1.807) is 13.1 Å². The van der Waals surface area contributed by atoms with Crippen molar-refractivity contribution in [2.45, 2.75) is 13.0 Å². The number of nitro groups is 1. The first kappa shape index (κ1) is 13.6. The molecule has 0 aliphatic rings. The van der Waals surface area contributed by atoms with Crippen molar-refractivity contribution in [3.05, 3.63) is 38.7 Å². The van der Waals surface area contributed by atoms with E-state index >= 15 is 0 Å². The Morgan fingerprint density at radius 2 is 2.16 bits per heavy atom. The molecule has 1 aromatic heterocycles. The van der Waals surface area contributed by atoms with Crippen molar-refractivity contribution >= 4 is 21.6 Å². The first-order chi connectivity index (χ1) is 9.01. The molecular weight excluding hydrogens is 316 g/mol. The maximum atomic E-state index is 10.8. The molecule has 0 amide bonds. The van der Waals surface area contributed by atoms with Crippen molar-refractivity contribution in [2.75, 3.05) is 7.05 Å². The van der Waals surface area contributed by atoms with Gasteiger partial charge in [0.25, 0.3) is 5.69 Å². The molecule has 1 heterocycles. The zero-order valence-electron chi connectivity index (χ0n) is 10.3. The topological polar surface area (TPSA) is 94.1 Å². The molecular formula is C11H11BrN4O3. The van der Waals surface area contributed by atoms with Crippen LogP contribution in [0.2, 0.25) is 0 Å². The fraction of sp³-hybridized carbons (Fsp3) is 0.273. The Balaban J connectivity index is 2.41. The van der Waals surface area contributed by atoms with Gasteiger partial charge >= 0.3 is 0 Å². The molecule has 1 N–H and O–H groups in total. The van der Waals surface area contributed by atoms with Crippen LogP contribution in [0.3, 0.4) is 0 Å². The van der Waals surface area contributed by atoms with Crippen LogP contribution in [-0.4, -0.2) is 22.2 Å². The number of non-ortho nitro benzene ring substituents is 1. The van der Waals surface area contributed by atoms with Gasteiger partial charge in [0, 0.05) is 22.2 Å². The molecule has 0 saturated heterocycles. The van der Waals surface area contributed by atoms with E-state index in [1.165, 1.54) is 12.1 Å². The zero-order valence-corrected chi connectivity index (χ0v) is 11.8. The number of nitrogens with zero attached hydrogens (tertiary/aromatic N) is 3. The van der Waals surface area contributed by atoms with Crippen LogP contribution in [0.5, 0.6) is 0 Å². The molecule has 100 valence electrons. The first-order valence-corrected chi connectivity index (χ1v) is 6.26. The van der Waals surface area contributed by atoms with E-state index < -0.39 is 4.92 Å². The molecule has 0 spiro atoms. The van der Waals surface area contributed by atoms with Crippen LogP contribution in [0.1, 0.15) is 18.9 Å². The van der Waals surface area contributed by atoms with Crippen LogP contribution < -0.4 is 5.32 Å². The highest BCUT2D eigenvalue weighted by Gasteiger charge is 2.16. The largest absolute Gasteiger partial charge is 0.419 e. The third kappa shape index (κ3) is 2.96. The Hall–Kier alpha value is -1.80. The van der Waals surface area contributed by atoms with Gasteiger partial charge in [-0.3, -0.25) is 10.1 Å². The van der Waals surface area contributed by atoms with Gasteiger partial charge in [-0.2, -0.15) is 0 Å². The van der Waals surface area contributed by atoms with E-state index in [4.69, 9.17) is 4.42 Å². The Bertz CT molecular complexity index is 614. The molecule has 2 rings (SSSR count). The summed E-state index contributed by atoms with van der Waals surface area (Å²) in [7, 11) is 1.78. The fourth-order valence-corrected chi connectivity index (χ4v) is 1.93. The van der Waals surface area contributed by atoms with Gasteiger partial charge in [-0.15, -0.1) is 10.2 Å². The standard InChI is InChI=1S/C11H11BrN4O3/c1-6(13-2)10-14-15-11(19-10)7-3-8(12)5-9(4-7)16(17)18/h3-6,13H,1-2H3. The maximum absolute atomic E-state index is 10.8. The van der Waals surface area contributed by atoms with Crippen molar-refractivity contribution in [3.8, 4) is 11.5 Å². The minimum Gasteiger partial charge on any atom is -0.419 e. The molecule has 2 aromatic rings. The Kier molecular flexibility index (Phi) is 3.91. The number of aromatic nitrogens is 2. The van der Waals surface area contributed by atoms with Crippen molar-refractivity contribution in [1.29, 1.82) is 0 Å². The summed E-state index contributed by atoms with van der Waals surface area (Å²) in [4.78, 5) is 10.3. The highest BCUT2D eigenvalue weighted by atomic mass is 79.9. The molecule has 19 heavy (non-hydrogen) atoms. The van der Waals surface area contributed by atoms with E-state index in [-0.39, 0.29) is 17.6 Å². The van der Waals surface area contributed by atoms with Gasteiger partial charge in [0.2, 0.25) is 11.8 Å². The Morgan fingerprint density at radius 3 is 2.79 bits per heavy atom. The van der Waals surface area contributed by atoms with Crippen LogP contribution in [-0.2, 0) is 0 Å². The predicted octanol–water partition coefficient (Wildman–Crippen LogP) is 2.69. The predicted molar refractivity (Wildman–Crippen MR) is 71.6 cm³/mol. The highest BCUT2D eigenvalue weighted by Crippen LogP contribution is 2.28. The number of halogens is 1. The number of hydrogen-bond donors (Lipinski definition) is 1. The van der Waals surface area contributed by atoms with Gasteiger partial charge in [0.15, 0.2) is 0 Å². The van der Waals surface area contributed by atoms with Crippen LogP contribution in [0, 0.1) is 10.1 Å². The maximum Gasteiger partial charge on any atom is 0.271 e. The van der Waals surface area contributed by atoms with Gasteiger partial charge in [0.05, 0.1) is 11.0 Å². The van der Waals surface area contributed by atoms with Crippen molar-refractivity contribution < 1.29 is 9.34 Å². The van der Waals surface area contributed by atoms with Gasteiger partial charge in [-0.25, -0.2) is 0 Å². The quantitative estimate of drug-likeness (QED) is 0.685. The lowest BCUT2D eigenvalue weighted by Crippen LogP contribution is -2.12. The van der Waals surface area contributed by atoms with Crippen LogP contribution in [0.15, 0.2) is 27.1 Å². The van der Waals surface area contributed by atoms with E-state index in [1.807, 2.05) is 6.92 Å². The lowest BCUT2D eigenvalue weighted by molar-refractivity contribution is -0.384. The summed E-state index contributed by atoms with van der Waals surface area (Å²) >= 11 is 3.22. The van der Waals surface area contributed by atoms with E-state index in [9.17, 15) is 10.1 Å². The number of rotatable bonds is 4. The summed E-state index contributed by atoms with van der Waals surface area (Å²) in [6.07, 6.45) is 0. The second kappa shape index (κ2) is 5.45. The summed E-state index contributed by atoms with van der Waals surface area (Å²) in [5.41, 5.74) is 0.467. The zero-order chi connectivity index (χ0) is 14.0. The Labute approximate surface area is 117 Å². The average Bonchev–Trinajstić information content (AvgIpc) is 2.86. The van der Waals surface area contributed by atoms with Crippen LogP contribution >= 0.6 is 15.9 Å². The molecule has 1 atom stereocenters. The average molecular weight is 327 g/mol. The van der Waals surface area contributed by atoms with Gasteiger partial charge < -0.3 is 9.73 Å². The Morgan fingerprint density at radius 1 is 1.42 bits per heavy atom. The first-order valence-electron chi connectivity index (χ1n) is 5.47. The summed E-state index contributed by atoms with van der Waals surface area (Å²) in [6, 6.07) is 4.42. The lowest BCUT2D eigenvalue weighted by Gasteiger charge is -2.02. The molecule has 0 aliphatic heterocycles. The van der Waals surface area contributed by atoms with Crippen molar-refractivity contribution in [1.82, 2.24) is 15.5 Å². The molecule has 0 bridgehead atoms. The third-order valence-electron chi connectivity index (χ3n) is 2.58. The molecule has 0 saturated carbocycles. The summed E-state index contributed by atoms with van der Waals surface area (Å²) < 4.78 is 6.07. The third-order valence-corrected chi connectivity index (χ3v) is 3.04. The second-order valence-corrected chi connectivity index (χ2v) is 4.83. The normalized spacial score (nSPS) is 12.4. The molecule has 0 aliphatic carbocycles. The summed E-state index contributed by atoms with van der Waals surface area (Å²) in [5.74, 6) is 0.682. The van der Waals surface area contributed by atoms with Crippen LogP contribution in [0.25, 0.3) is 11.5 Å². The number of hydrogen-bond acceptors (Lipinski definition) is 6. The smallest absolute Gasteiger partial charge is 0.271 e. The lowest BCUT2D eigenvalue weighted by atomic mass is 10.2. The van der Waals surface area contributed by atoms with E-state index in [0.29, 0.717) is 15.9 Å². The van der Waals surface area contributed by atoms with Crippen molar-refractivity contribution in [2.24, 2.45) is 0 Å². The molecule has 7 nitrogen and oxygen atoms in total. The number of nitro benzene ring substituents is 1. The van der Waals surface area contributed by atoms with Crippen LogP contribution in [0.4, 0.5) is 5.69 Å². The minimum atomic E-state index is -0.470. The highest BCUT2D eigenvalue weighted by molar-refractivity contribution is 9.10. The molecule has 1 unspecified atom stereocenters. The van der Waals surface area contributed by atoms with E-state index in [0.717, 1.165) is 0 Å².